The Kier molecular flexibility index (Phi) is 3.03. The Morgan fingerprint density at radius 3 is 2.67 bits per heavy atom. The van der Waals surface area contributed by atoms with Crippen LogP contribution in [0.1, 0.15) is 38.2 Å². The Morgan fingerprint density at radius 2 is 2.20 bits per heavy atom. The molecule has 1 aliphatic rings. The smallest absolute Gasteiger partial charge is 0.130 e. The Balaban J connectivity index is 2.38. The maximum atomic E-state index is 6.32. The Morgan fingerprint density at radius 1 is 1.53 bits per heavy atom. The van der Waals surface area contributed by atoms with Gasteiger partial charge in [-0.2, -0.15) is 5.10 Å². The van der Waals surface area contributed by atoms with E-state index in [1.54, 1.807) is 0 Å². The molecule has 1 heterocycles. The molecule has 15 heavy (non-hydrogen) atoms. The molecular weight excluding hydrogens is 210 g/mol. The van der Waals surface area contributed by atoms with Crippen molar-refractivity contribution in [1.82, 2.24) is 9.78 Å². The molecule has 1 aromatic rings. The van der Waals surface area contributed by atoms with Gasteiger partial charge in [0.1, 0.15) is 5.15 Å². The molecule has 1 aromatic heterocycles. The van der Waals surface area contributed by atoms with Crippen LogP contribution in [-0.2, 0) is 12.0 Å². The molecule has 1 fully saturated rings. The van der Waals surface area contributed by atoms with Crippen molar-refractivity contribution in [3.8, 4) is 0 Å². The van der Waals surface area contributed by atoms with Gasteiger partial charge >= 0.3 is 0 Å². The van der Waals surface area contributed by atoms with Crippen molar-refractivity contribution in [2.24, 2.45) is 5.73 Å². The summed E-state index contributed by atoms with van der Waals surface area (Å²) in [5.74, 6) is 0. The van der Waals surface area contributed by atoms with Crippen LogP contribution in [0.2, 0.25) is 5.15 Å². The Hall–Kier alpha value is -0.540. The number of nitrogens with two attached hydrogens (primary N) is 1. The van der Waals surface area contributed by atoms with Crippen LogP contribution in [0, 0.1) is 0 Å². The molecule has 2 N–H and O–H groups in total. The second-order valence-electron chi connectivity index (χ2n) is 4.36. The molecule has 0 saturated heterocycles. The van der Waals surface area contributed by atoms with E-state index >= 15 is 0 Å². The lowest BCUT2D eigenvalue weighted by Crippen LogP contribution is -2.32. The van der Waals surface area contributed by atoms with Gasteiger partial charge in [0.25, 0.3) is 0 Å². The molecule has 0 radical (unpaired) electrons. The maximum absolute atomic E-state index is 6.32. The highest BCUT2D eigenvalue weighted by Gasteiger charge is 2.37. The third-order valence-corrected chi connectivity index (χ3v) is 4.00. The molecule has 1 saturated carbocycles. The average molecular weight is 228 g/mol. The molecular formula is C11H18ClN3. The summed E-state index contributed by atoms with van der Waals surface area (Å²) in [4.78, 5) is 0. The van der Waals surface area contributed by atoms with E-state index in [9.17, 15) is 0 Å². The zero-order chi connectivity index (χ0) is 10.9. The second kappa shape index (κ2) is 4.14. The van der Waals surface area contributed by atoms with E-state index in [0.717, 1.165) is 30.1 Å². The first-order valence-corrected chi connectivity index (χ1v) is 6.03. The van der Waals surface area contributed by atoms with Crippen LogP contribution in [0.15, 0.2) is 6.20 Å². The zero-order valence-corrected chi connectivity index (χ0v) is 9.93. The molecule has 84 valence electrons. The van der Waals surface area contributed by atoms with Crippen molar-refractivity contribution in [3.63, 3.8) is 0 Å². The molecule has 4 heteroatoms. The number of aryl methyl sites for hydroxylation is 1. The number of hydrogen-bond acceptors (Lipinski definition) is 2. The number of hydrogen-bond donors (Lipinski definition) is 1. The zero-order valence-electron chi connectivity index (χ0n) is 9.17. The van der Waals surface area contributed by atoms with E-state index in [2.05, 4.69) is 5.10 Å². The van der Waals surface area contributed by atoms with Gasteiger partial charge in [0.15, 0.2) is 0 Å². The topological polar surface area (TPSA) is 43.8 Å². The van der Waals surface area contributed by atoms with Crippen LogP contribution >= 0.6 is 11.6 Å². The molecule has 1 aliphatic carbocycles. The van der Waals surface area contributed by atoms with Crippen LogP contribution in [0.5, 0.6) is 0 Å². The largest absolute Gasteiger partial charge is 0.330 e. The van der Waals surface area contributed by atoms with Gasteiger partial charge in [0, 0.05) is 24.1 Å². The number of halogens is 1. The minimum Gasteiger partial charge on any atom is -0.330 e. The third-order valence-electron chi connectivity index (χ3n) is 3.60. The van der Waals surface area contributed by atoms with Gasteiger partial charge in [-0.3, -0.25) is 4.68 Å². The lowest BCUT2D eigenvalue weighted by atomic mass is 9.81. The standard InChI is InChI=1S/C11H18ClN3/c1-2-15-10(12)9(7-14-15)11(8-13)5-3-4-6-11/h7H,2-6,8,13H2,1H3. The van der Waals surface area contributed by atoms with E-state index in [4.69, 9.17) is 17.3 Å². The van der Waals surface area contributed by atoms with Crippen LogP contribution in [0.25, 0.3) is 0 Å². The number of aromatic nitrogens is 2. The van der Waals surface area contributed by atoms with Gasteiger partial charge in [-0.15, -0.1) is 0 Å². The highest BCUT2D eigenvalue weighted by molar-refractivity contribution is 6.30. The normalized spacial score (nSPS) is 19.7. The molecule has 0 bridgehead atoms. The van der Waals surface area contributed by atoms with Crippen molar-refractivity contribution < 1.29 is 0 Å². The molecule has 2 rings (SSSR count). The highest BCUT2D eigenvalue weighted by Crippen LogP contribution is 2.42. The summed E-state index contributed by atoms with van der Waals surface area (Å²) in [5.41, 5.74) is 7.18. The molecule has 0 spiro atoms. The first-order chi connectivity index (χ1) is 7.23. The monoisotopic (exact) mass is 227 g/mol. The van der Waals surface area contributed by atoms with Gasteiger partial charge in [-0.25, -0.2) is 0 Å². The summed E-state index contributed by atoms with van der Waals surface area (Å²) in [6, 6.07) is 0. The minimum absolute atomic E-state index is 0.102. The van der Waals surface area contributed by atoms with E-state index in [0.29, 0.717) is 6.54 Å². The van der Waals surface area contributed by atoms with Crippen molar-refractivity contribution in [3.05, 3.63) is 16.9 Å². The van der Waals surface area contributed by atoms with Crippen molar-refractivity contribution in [2.45, 2.75) is 44.6 Å². The van der Waals surface area contributed by atoms with Crippen LogP contribution in [0.3, 0.4) is 0 Å². The third kappa shape index (κ3) is 1.68. The van der Waals surface area contributed by atoms with Crippen LogP contribution in [0.4, 0.5) is 0 Å². The quantitative estimate of drug-likeness (QED) is 0.862. The SMILES string of the molecule is CCn1ncc(C2(CN)CCCC2)c1Cl. The van der Waals surface area contributed by atoms with Crippen LogP contribution < -0.4 is 5.73 Å². The van der Waals surface area contributed by atoms with E-state index in [-0.39, 0.29) is 5.41 Å². The Bertz CT molecular complexity index is 340. The molecule has 3 nitrogen and oxygen atoms in total. The van der Waals surface area contributed by atoms with Gasteiger partial charge in [0.05, 0.1) is 6.20 Å². The van der Waals surface area contributed by atoms with Gasteiger partial charge in [-0.05, 0) is 19.8 Å². The number of rotatable bonds is 3. The summed E-state index contributed by atoms with van der Waals surface area (Å²) in [6.45, 7) is 3.55. The Labute approximate surface area is 95.6 Å². The molecule has 0 unspecified atom stereocenters. The van der Waals surface area contributed by atoms with Crippen molar-refractivity contribution in [1.29, 1.82) is 0 Å². The summed E-state index contributed by atoms with van der Waals surface area (Å²) < 4.78 is 1.84. The lowest BCUT2D eigenvalue weighted by molar-refractivity contribution is 0.452. The fraction of sp³-hybridized carbons (Fsp3) is 0.727. The summed E-state index contributed by atoms with van der Waals surface area (Å²) in [6.07, 6.45) is 6.72. The predicted molar refractivity (Wildman–Crippen MR) is 62.1 cm³/mol. The second-order valence-corrected chi connectivity index (χ2v) is 4.71. The van der Waals surface area contributed by atoms with E-state index in [1.165, 1.54) is 12.8 Å². The lowest BCUT2D eigenvalue weighted by Gasteiger charge is -2.26. The van der Waals surface area contributed by atoms with Crippen molar-refractivity contribution >= 4 is 11.6 Å². The molecule has 0 aliphatic heterocycles. The van der Waals surface area contributed by atoms with Gasteiger partial charge in [-0.1, -0.05) is 24.4 Å². The van der Waals surface area contributed by atoms with Crippen LogP contribution in [-0.4, -0.2) is 16.3 Å². The first kappa shape index (κ1) is 11.0. The summed E-state index contributed by atoms with van der Waals surface area (Å²) in [7, 11) is 0. The predicted octanol–water partition coefficient (Wildman–Crippen LogP) is 2.33. The number of nitrogens with zero attached hydrogens (tertiary/aromatic N) is 2. The maximum Gasteiger partial charge on any atom is 0.130 e. The van der Waals surface area contributed by atoms with Crippen molar-refractivity contribution in [2.75, 3.05) is 6.54 Å². The summed E-state index contributed by atoms with van der Waals surface area (Å²) in [5, 5.41) is 5.08. The first-order valence-electron chi connectivity index (χ1n) is 5.65. The highest BCUT2D eigenvalue weighted by atomic mass is 35.5. The fourth-order valence-corrected chi connectivity index (χ4v) is 2.99. The molecule has 0 atom stereocenters. The van der Waals surface area contributed by atoms with E-state index < -0.39 is 0 Å². The average Bonchev–Trinajstić information content (AvgIpc) is 2.85. The van der Waals surface area contributed by atoms with Gasteiger partial charge < -0.3 is 5.73 Å². The minimum atomic E-state index is 0.102. The van der Waals surface area contributed by atoms with E-state index in [1.807, 2.05) is 17.8 Å². The molecule has 0 aromatic carbocycles. The van der Waals surface area contributed by atoms with Gasteiger partial charge in [0.2, 0.25) is 0 Å². The summed E-state index contributed by atoms with van der Waals surface area (Å²) >= 11 is 6.32. The fourth-order valence-electron chi connectivity index (χ4n) is 2.58. The molecule has 0 amide bonds.